The number of Topliss-reactive ketones (excluding diaryl/α,β-unsaturated/α-hetero) is 1. The van der Waals surface area contributed by atoms with Gasteiger partial charge in [-0.1, -0.05) is 42.5 Å². The van der Waals surface area contributed by atoms with Crippen LogP contribution in [0.15, 0.2) is 67.1 Å². The van der Waals surface area contributed by atoms with E-state index in [-0.39, 0.29) is 6.42 Å². The van der Waals surface area contributed by atoms with Gasteiger partial charge in [-0.2, -0.15) is 0 Å². The van der Waals surface area contributed by atoms with Gasteiger partial charge in [-0.05, 0) is 23.3 Å². The molecule has 1 saturated heterocycles. The minimum atomic E-state index is -1.35. The number of nitrogens with zero attached hydrogens (tertiary/aromatic N) is 1. The first-order valence-corrected chi connectivity index (χ1v) is 8.89. The first kappa shape index (κ1) is 17.7. The fourth-order valence-corrected chi connectivity index (χ4v) is 3.26. The van der Waals surface area contributed by atoms with E-state index in [0.717, 1.165) is 16.8 Å². The average molecular weight is 374 g/mol. The summed E-state index contributed by atoms with van der Waals surface area (Å²) in [5, 5.41) is 5.25. The lowest BCUT2D eigenvalue weighted by Crippen LogP contribution is -2.33. The molecule has 28 heavy (non-hydrogen) atoms. The summed E-state index contributed by atoms with van der Waals surface area (Å²) in [5.41, 5.74) is 3.32. The zero-order valence-electron chi connectivity index (χ0n) is 14.9. The quantitative estimate of drug-likeness (QED) is 0.594. The van der Waals surface area contributed by atoms with E-state index in [2.05, 4.69) is 20.6 Å². The number of amides is 2. The molecule has 0 spiro atoms. The van der Waals surface area contributed by atoms with Gasteiger partial charge in [-0.3, -0.25) is 14.4 Å². The van der Waals surface area contributed by atoms with Crippen LogP contribution in [0.2, 0.25) is 0 Å². The van der Waals surface area contributed by atoms with Gasteiger partial charge >= 0.3 is 0 Å². The summed E-state index contributed by atoms with van der Waals surface area (Å²) in [7, 11) is 0. The Morgan fingerprint density at radius 3 is 2.39 bits per heavy atom. The van der Waals surface area contributed by atoms with Gasteiger partial charge in [0.15, 0.2) is 11.7 Å². The Morgan fingerprint density at radius 2 is 1.71 bits per heavy atom. The molecule has 1 aromatic heterocycles. The maximum atomic E-state index is 12.5. The van der Waals surface area contributed by atoms with Crippen LogP contribution < -0.4 is 10.6 Å². The van der Waals surface area contributed by atoms with Crippen molar-refractivity contribution in [2.24, 2.45) is 5.92 Å². The summed E-state index contributed by atoms with van der Waals surface area (Å²) >= 11 is 0. The van der Waals surface area contributed by atoms with Crippen molar-refractivity contribution in [2.75, 3.05) is 5.32 Å². The number of ketones is 1. The molecule has 2 heterocycles. The number of hydrogen-bond donors (Lipinski definition) is 3. The Bertz CT molecular complexity index is 998. The number of benzene rings is 2. The van der Waals surface area contributed by atoms with Crippen molar-refractivity contribution in [3.05, 3.63) is 72.8 Å². The minimum Gasteiger partial charge on any atom is -0.348 e. The highest BCUT2D eigenvalue weighted by Crippen LogP contribution is 2.22. The fourth-order valence-electron chi connectivity index (χ4n) is 3.26. The fraction of sp³-hybridized carbons (Fsp3) is 0.143. The Labute approximate surface area is 161 Å². The number of hydrogen-bond acceptors (Lipinski definition) is 4. The molecule has 0 saturated carbocycles. The summed E-state index contributed by atoms with van der Waals surface area (Å²) in [4.78, 5) is 44.0. The molecule has 2 atom stereocenters. The van der Waals surface area contributed by atoms with Crippen molar-refractivity contribution in [2.45, 2.75) is 12.5 Å². The molecule has 2 amide bonds. The number of anilines is 1. The first-order valence-electron chi connectivity index (χ1n) is 8.89. The lowest BCUT2D eigenvalue weighted by Gasteiger charge is -2.10. The third kappa shape index (κ3) is 3.55. The number of nitrogens with one attached hydrogen (secondary N) is 3. The van der Waals surface area contributed by atoms with Crippen LogP contribution in [-0.2, 0) is 20.8 Å². The van der Waals surface area contributed by atoms with Gasteiger partial charge in [-0.25, -0.2) is 4.98 Å². The van der Waals surface area contributed by atoms with Gasteiger partial charge in [0.25, 0.3) is 0 Å². The van der Waals surface area contributed by atoms with Crippen molar-refractivity contribution < 1.29 is 14.4 Å². The molecule has 7 nitrogen and oxygen atoms in total. The second kappa shape index (κ2) is 7.48. The molecule has 0 radical (unpaired) electrons. The minimum absolute atomic E-state index is 0.278. The first-order chi connectivity index (χ1) is 13.6. The zero-order chi connectivity index (χ0) is 19.5. The number of aromatic amines is 1. The highest BCUT2D eigenvalue weighted by Gasteiger charge is 2.45. The average Bonchev–Trinajstić information content (AvgIpc) is 3.31. The van der Waals surface area contributed by atoms with E-state index in [1.165, 1.54) is 6.33 Å². The molecule has 1 fully saturated rings. The monoisotopic (exact) mass is 374 g/mol. The molecule has 0 bridgehead atoms. The summed E-state index contributed by atoms with van der Waals surface area (Å²) in [6, 6.07) is 16.4. The molecule has 4 rings (SSSR count). The summed E-state index contributed by atoms with van der Waals surface area (Å²) < 4.78 is 0. The van der Waals surface area contributed by atoms with Gasteiger partial charge in [0.1, 0.15) is 0 Å². The highest BCUT2D eigenvalue weighted by atomic mass is 16.2. The van der Waals surface area contributed by atoms with Gasteiger partial charge in [0.05, 0.1) is 12.4 Å². The molecule has 1 aliphatic rings. The topological polar surface area (TPSA) is 104 Å². The second-order valence-electron chi connectivity index (χ2n) is 6.61. The summed E-state index contributed by atoms with van der Waals surface area (Å²) in [5.74, 6) is -2.98. The van der Waals surface area contributed by atoms with Crippen LogP contribution in [0.4, 0.5) is 5.69 Å². The smallest absolute Gasteiger partial charge is 0.244 e. The summed E-state index contributed by atoms with van der Waals surface area (Å²) in [6.45, 7) is 0. The van der Waals surface area contributed by atoms with Crippen LogP contribution >= 0.6 is 0 Å². The van der Waals surface area contributed by atoms with E-state index in [1.54, 1.807) is 18.3 Å². The van der Waals surface area contributed by atoms with Crippen molar-refractivity contribution in [3.8, 4) is 11.1 Å². The number of carbonyl (C=O) groups is 3. The van der Waals surface area contributed by atoms with E-state index in [0.29, 0.717) is 5.69 Å². The third-order valence-electron chi connectivity index (χ3n) is 4.71. The molecule has 2 aromatic carbocycles. The van der Waals surface area contributed by atoms with Crippen LogP contribution in [0.25, 0.3) is 11.1 Å². The Balaban J connectivity index is 1.43. The van der Waals surface area contributed by atoms with Crippen molar-refractivity contribution >= 4 is 23.3 Å². The van der Waals surface area contributed by atoms with E-state index in [9.17, 15) is 14.4 Å². The molecule has 2 unspecified atom stereocenters. The van der Waals surface area contributed by atoms with E-state index in [1.807, 2.05) is 42.5 Å². The predicted octanol–water partition coefficient (Wildman–Crippen LogP) is 1.94. The largest absolute Gasteiger partial charge is 0.348 e. The van der Waals surface area contributed by atoms with Crippen LogP contribution in [0, 0.1) is 5.92 Å². The number of H-pyrrole nitrogens is 1. The van der Waals surface area contributed by atoms with E-state index < -0.39 is 29.6 Å². The highest BCUT2D eigenvalue weighted by molar-refractivity contribution is 6.26. The van der Waals surface area contributed by atoms with Crippen molar-refractivity contribution in [3.63, 3.8) is 0 Å². The van der Waals surface area contributed by atoms with E-state index >= 15 is 0 Å². The van der Waals surface area contributed by atoms with Crippen LogP contribution in [0.5, 0.6) is 0 Å². The number of carbonyl (C=O) groups excluding carboxylic acids is 3. The summed E-state index contributed by atoms with van der Waals surface area (Å²) in [6.07, 6.45) is 3.36. The van der Waals surface area contributed by atoms with Gasteiger partial charge < -0.3 is 15.6 Å². The van der Waals surface area contributed by atoms with Crippen LogP contribution in [-0.4, -0.2) is 33.6 Å². The lowest BCUT2D eigenvalue weighted by atomic mass is 9.99. The van der Waals surface area contributed by atoms with Crippen LogP contribution in [0.1, 0.15) is 5.69 Å². The number of rotatable bonds is 5. The Kier molecular flexibility index (Phi) is 4.72. The van der Waals surface area contributed by atoms with Gasteiger partial charge in [0, 0.05) is 24.0 Å². The second-order valence-corrected chi connectivity index (χ2v) is 6.61. The number of aromatic nitrogens is 2. The molecule has 7 heteroatoms. The Morgan fingerprint density at radius 1 is 1.00 bits per heavy atom. The predicted molar refractivity (Wildman–Crippen MR) is 103 cm³/mol. The van der Waals surface area contributed by atoms with Gasteiger partial charge in [-0.15, -0.1) is 0 Å². The van der Waals surface area contributed by atoms with Crippen molar-refractivity contribution in [1.29, 1.82) is 0 Å². The molecule has 140 valence electrons. The maximum Gasteiger partial charge on any atom is 0.244 e. The third-order valence-corrected chi connectivity index (χ3v) is 4.71. The van der Waals surface area contributed by atoms with Crippen molar-refractivity contribution in [1.82, 2.24) is 15.3 Å². The molecule has 3 aromatic rings. The number of imidazole rings is 1. The SMILES string of the molecule is O=C(Nc1ccc(-c2ccccc2)cc1)C1C(=O)NC(Cc2cnc[nH]2)C1=O. The Hall–Kier alpha value is -3.74. The lowest BCUT2D eigenvalue weighted by molar-refractivity contribution is -0.135. The molecular weight excluding hydrogens is 356 g/mol. The van der Waals surface area contributed by atoms with E-state index in [4.69, 9.17) is 0 Å². The normalized spacial score (nSPS) is 18.7. The molecule has 0 aliphatic carbocycles. The van der Waals surface area contributed by atoms with Gasteiger partial charge in [0.2, 0.25) is 11.8 Å². The molecule has 1 aliphatic heterocycles. The molecule has 3 N–H and O–H groups in total. The maximum absolute atomic E-state index is 12.5. The van der Waals surface area contributed by atoms with Crippen LogP contribution in [0.3, 0.4) is 0 Å². The standard InChI is InChI=1S/C21H18N4O3/c26-19-17(10-16-11-22-12-23-16)25-21(28)18(19)20(27)24-15-8-6-14(7-9-15)13-4-2-1-3-5-13/h1-9,11-12,17-18H,10H2,(H,22,23)(H,24,27)(H,25,28). The molecular formula is C21H18N4O3. The zero-order valence-corrected chi connectivity index (χ0v) is 14.9.